The maximum absolute atomic E-state index is 12.7. The highest BCUT2D eigenvalue weighted by molar-refractivity contribution is 6.01. The van der Waals surface area contributed by atoms with E-state index in [1.807, 2.05) is 32.0 Å². The summed E-state index contributed by atoms with van der Waals surface area (Å²) in [6, 6.07) is 5.75. The van der Waals surface area contributed by atoms with Crippen LogP contribution in [0, 0.1) is 12.8 Å². The van der Waals surface area contributed by atoms with Crippen molar-refractivity contribution in [2.75, 3.05) is 38.7 Å². The van der Waals surface area contributed by atoms with Gasteiger partial charge in [-0.15, -0.1) is 0 Å². The fourth-order valence-corrected chi connectivity index (χ4v) is 3.73. The molecular formula is C21H29N3O3. The number of carbonyl (C=O) groups is 2. The number of ether oxygens (including phenoxy) is 1. The van der Waals surface area contributed by atoms with Crippen molar-refractivity contribution in [3.05, 3.63) is 35.4 Å². The maximum Gasteiger partial charge on any atom is 0.227 e. The second kappa shape index (κ2) is 8.13. The van der Waals surface area contributed by atoms with Crippen LogP contribution in [0.1, 0.15) is 25.3 Å². The van der Waals surface area contributed by atoms with Crippen LogP contribution in [-0.4, -0.2) is 56.5 Å². The van der Waals surface area contributed by atoms with E-state index in [9.17, 15) is 9.59 Å². The Balaban J connectivity index is 1.66. The van der Waals surface area contributed by atoms with Gasteiger partial charge in [0, 0.05) is 32.1 Å². The van der Waals surface area contributed by atoms with Gasteiger partial charge in [-0.2, -0.15) is 0 Å². The molecule has 0 spiro atoms. The van der Waals surface area contributed by atoms with Crippen LogP contribution in [0.25, 0.3) is 0 Å². The van der Waals surface area contributed by atoms with Crippen LogP contribution in [0.3, 0.4) is 0 Å². The van der Waals surface area contributed by atoms with Crippen molar-refractivity contribution < 1.29 is 14.3 Å². The largest absolute Gasteiger partial charge is 0.495 e. The number of carbonyl (C=O) groups excluding carboxylic acids is 2. The molecule has 2 unspecified atom stereocenters. The van der Waals surface area contributed by atoms with E-state index in [0.717, 1.165) is 30.8 Å². The van der Waals surface area contributed by atoms with Gasteiger partial charge in [0.05, 0.1) is 18.7 Å². The number of hydrogen-bond acceptors (Lipinski definition) is 4. The van der Waals surface area contributed by atoms with Gasteiger partial charge in [0.2, 0.25) is 11.8 Å². The van der Waals surface area contributed by atoms with Gasteiger partial charge >= 0.3 is 0 Å². The minimum atomic E-state index is -0.336. The van der Waals surface area contributed by atoms with E-state index in [-0.39, 0.29) is 30.2 Å². The lowest BCUT2D eigenvalue weighted by molar-refractivity contribution is -0.126. The van der Waals surface area contributed by atoms with Crippen molar-refractivity contribution in [1.82, 2.24) is 10.2 Å². The lowest BCUT2D eigenvalue weighted by Crippen LogP contribution is -2.41. The lowest BCUT2D eigenvalue weighted by Gasteiger charge is -2.26. The molecule has 2 amide bonds. The first-order valence-corrected chi connectivity index (χ1v) is 9.52. The molecule has 2 heterocycles. The first-order valence-electron chi connectivity index (χ1n) is 9.52. The summed E-state index contributed by atoms with van der Waals surface area (Å²) in [5.74, 6) is 0.229. The number of rotatable bonds is 5. The number of nitrogens with zero attached hydrogens (tertiary/aromatic N) is 2. The second-order valence-corrected chi connectivity index (χ2v) is 7.60. The first kappa shape index (κ1) is 19.4. The molecule has 27 heavy (non-hydrogen) atoms. The minimum Gasteiger partial charge on any atom is -0.495 e. The molecule has 0 aromatic heterocycles. The molecule has 146 valence electrons. The summed E-state index contributed by atoms with van der Waals surface area (Å²) in [6.07, 6.45) is 3.39. The van der Waals surface area contributed by atoms with Crippen LogP contribution in [0.15, 0.2) is 29.8 Å². The Hall–Kier alpha value is -2.34. The second-order valence-electron chi connectivity index (χ2n) is 7.60. The highest BCUT2D eigenvalue weighted by Crippen LogP contribution is 2.34. The van der Waals surface area contributed by atoms with Crippen LogP contribution in [0.5, 0.6) is 5.75 Å². The summed E-state index contributed by atoms with van der Waals surface area (Å²) in [4.78, 5) is 29.2. The molecule has 1 N–H and O–H groups in total. The van der Waals surface area contributed by atoms with Crippen LogP contribution >= 0.6 is 0 Å². The number of methoxy groups -OCH3 is 1. The van der Waals surface area contributed by atoms with Crippen LogP contribution in [-0.2, 0) is 9.59 Å². The van der Waals surface area contributed by atoms with Crippen molar-refractivity contribution in [2.45, 2.75) is 32.7 Å². The predicted molar refractivity (Wildman–Crippen MR) is 106 cm³/mol. The highest BCUT2D eigenvalue weighted by atomic mass is 16.5. The third kappa shape index (κ3) is 4.33. The standard InChI is InChI=1S/C21H29N3O3/c1-14-5-6-19(27-4)18(11-14)24-13-17(12-20(24)25)21(26)22-15(2)16-7-9-23(3)10-8-16/h5-7,11,15,17H,8-10,12-13H2,1-4H3,(H,22,26). The molecule has 1 aromatic carbocycles. The maximum atomic E-state index is 12.7. The molecular weight excluding hydrogens is 342 g/mol. The molecule has 6 nitrogen and oxygen atoms in total. The summed E-state index contributed by atoms with van der Waals surface area (Å²) < 4.78 is 5.40. The summed E-state index contributed by atoms with van der Waals surface area (Å²) in [5, 5.41) is 3.10. The van der Waals surface area contributed by atoms with E-state index in [1.165, 1.54) is 5.57 Å². The Kier molecular flexibility index (Phi) is 5.85. The molecule has 0 aliphatic carbocycles. The monoisotopic (exact) mass is 371 g/mol. The molecule has 6 heteroatoms. The van der Waals surface area contributed by atoms with Gasteiger partial charge in [0.25, 0.3) is 0 Å². The average Bonchev–Trinajstić information content (AvgIpc) is 3.04. The Morgan fingerprint density at radius 1 is 1.37 bits per heavy atom. The average molecular weight is 371 g/mol. The van der Waals surface area contributed by atoms with E-state index in [4.69, 9.17) is 4.74 Å². The van der Waals surface area contributed by atoms with E-state index in [1.54, 1.807) is 12.0 Å². The van der Waals surface area contributed by atoms with Crippen molar-refractivity contribution in [3.8, 4) is 5.75 Å². The normalized spacial score (nSPS) is 21.8. The molecule has 1 aromatic rings. The number of amides is 2. The van der Waals surface area contributed by atoms with E-state index in [2.05, 4.69) is 23.3 Å². The van der Waals surface area contributed by atoms with Crippen LogP contribution in [0.2, 0.25) is 0 Å². The van der Waals surface area contributed by atoms with Gasteiger partial charge in [0.15, 0.2) is 0 Å². The van der Waals surface area contributed by atoms with Crippen molar-refractivity contribution in [3.63, 3.8) is 0 Å². The number of anilines is 1. The minimum absolute atomic E-state index is 0.00357. The van der Waals surface area contributed by atoms with Crippen LogP contribution in [0.4, 0.5) is 5.69 Å². The van der Waals surface area contributed by atoms with Crippen molar-refractivity contribution in [1.29, 1.82) is 0 Å². The summed E-state index contributed by atoms with van der Waals surface area (Å²) >= 11 is 0. The third-order valence-corrected chi connectivity index (χ3v) is 5.48. The van der Waals surface area contributed by atoms with Gasteiger partial charge in [0.1, 0.15) is 5.75 Å². The Morgan fingerprint density at radius 3 is 2.81 bits per heavy atom. The topological polar surface area (TPSA) is 61.9 Å². The number of nitrogens with one attached hydrogen (secondary N) is 1. The molecule has 0 bridgehead atoms. The zero-order valence-electron chi connectivity index (χ0n) is 16.6. The Labute approximate surface area is 161 Å². The van der Waals surface area contributed by atoms with Gasteiger partial charge in [-0.3, -0.25) is 9.59 Å². The zero-order valence-corrected chi connectivity index (χ0v) is 16.6. The van der Waals surface area contributed by atoms with Gasteiger partial charge in [-0.25, -0.2) is 0 Å². The number of benzene rings is 1. The molecule has 2 atom stereocenters. The Morgan fingerprint density at radius 2 is 2.15 bits per heavy atom. The molecule has 0 radical (unpaired) electrons. The zero-order chi connectivity index (χ0) is 19.6. The fourth-order valence-electron chi connectivity index (χ4n) is 3.73. The lowest BCUT2D eigenvalue weighted by atomic mass is 10.00. The first-order chi connectivity index (χ1) is 12.9. The van der Waals surface area contributed by atoms with Gasteiger partial charge < -0.3 is 19.9 Å². The highest BCUT2D eigenvalue weighted by Gasteiger charge is 2.36. The quantitative estimate of drug-likeness (QED) is 0.806. The molecule has 2 aliphatic heterocycles. The molecule has 3 rings (SSSR count). The van der Waals surface area contributed by atoms with Crippen LogP contribution < -0.4 is 15.0 Å². The SMILES string of the molecule is COc1ccc(C)cc1N1CC(C(=O)NC(C)C2=CCN(C)CC2)CC1=O. The molecule has 1 saturated heterocycles. The molecule has 0 saturated carbocycles. The summed E-state index contributed by atoms with van der Waals surface area (Å²) in [6.45, 7) is 6.31. The summed E-state index contributed by atoms with van der Waals surface area (Å²) in [5.41, 5.74) is 3.06. The molecule has 2 aliphatic rings. The number of likely N-dealkylation sites (N-methyl/N-ethyl adjacent to an activating group) is 1. The summed E-state index contributed by atoms with van der Waals surface area (Å²) in [7, 11) is 3.69. The smallest absolute Gasteiger partial charge is 0.227 e. The van der Waals surface area contributed by atoms with Crippen molar-refractivity contribution >= 4 is 17.5 Å². The van der Waals surface area contributed by atoms with E-state index in [0.29, 0.717) is 12.3 Å². The fraction of sp³-hybridized carbons (Fsp3) is 0.524. The molecule has 1 fully saturated rings. The Bertz CT molecular complexity index is 759. The van der Waals surface area contributed by atoms with E-state index >= 15 is 0 Å². The number of aryl methyl sites for hydroxylation is 1. The number of hydrogen-bond donors (Lipinski definition) is 1. The van der Waals surface area contributed by atoms with Gasteiger partial charge in [-0.1, -0.05) is 12.1 Å². The van der Waals surface area contributed by atoms with Gasteiger partial charge in [-0.05, 0) is 50.6 Å². The third-order valence-electron chi connectivity index (χ3n) is 5.48. The van der Waals surface area contributed by atoms with E-state index < -0.39 is 0 Å². The van der Waals surface area contributed by atoms with Crippen molar-refractivity contribution in [2.24, 2.45) is 5.92 Å². The predicted octanol–water partition coefficient (Wildman–Crippen LogP) is 2.12.